The Balaban J connectivity index is 1.26. The molecule has 2 aromatic heterocycles. The van der Waals surface area contributed by atoms with E-state index in [0.29, 0.717) is 22.5 Å². The number of nitrogen functional groups attached to an aromatic ring is 1. The van der Waals surface area contributed by atoms with Crippen LogP contribution in [-0.4, -0.2) is 40.5 Å². The van der Waals surface area contributed by atoms with Crippen molar-refractivity contribution in [3.8, 4) is 11.8 Å². The highest BCUT2D eigenvalue weighted by molar-refractivity contribution is 7.99. The largest absolute Gasteiger partial charge is 0.381 e. The minimum atomic E-state index is -0.271. The zero-order chi connectivity index (χ0) is 26.0. The van der Waals surface area contributed by atoms with Gasteiger partial charge in [-0.1, -0.05) is 35.3 Å². The number of piperidine rings is 1. The van der Waals surface area contributed by atoms with Crippen molar-refractivity contribution in [3.05, 3.63) is 64.6 Å². The number of nitrogens with one attached hydrogen (secondary N) is 1. The number of aromatic nitrogens is 3. The molecule has 0 unspecified atom stereocenters. The van der Waals surface area contributed by atoms with Crippen LogP contribution in [0.4, 0.5) is 11.6 Å². The van der Waals surface area contributed by atoms with Gasteiger partial charge in [0.25, 0.3) is 5.91 Å². The second kappa shape index (κ2) is 10.6. The van der Waals surface area contributed by atoms with Gasteiger partial charge in [-0.05, 0) is 67.0 Å². The van der Waals surface area contributed by atoms with Crippen LogP contribution in [0, 0.1) is 17.3 Å². The van der Waals surface area contributed by atoms with Crippen molar-refractivity contribution in [2.75, 3.05) is 30.3 Å². The number of carbonyl (C=O) groups is 1. The van der Waals surface area contributed by atoms with Crippen molar-refractivity contribution >= 4 is 40.9 Å². The zero-order valence-corrected chi connectivity index (χ0v) is 22.1. The molecule has 0 saturated carbocycles. The van der Waals surface area contributed by atoms with Gasteiger partial charge in [0.2, 0.25) is 0 Å². The van der Waals surface area contributed by atoms with E-state index in [2.05, 4.69) is 43.1 Å². The summed E-state index contributed by atoms with van der Waals surface area (Å²) in [6.07, 6.45) is 6.22. The number of pyridine rings is 1. The van der Waals surface area contributed by atoms with E-state index in [4.69, 9.17) is 23.1 Å². The average molecular weight is 534 g/mol. The van der Waals surface area contributed by atoms with Gasteiger partial charge in [-0.2, -0.15) is 0 Å². The van der Waals surface area contributed by atoms with Crippen LogP contribution in [0.2, 0.25) is 5.15 Å². The van der Waals surface area contributed by atoms with E-state index in [-0.39, 0.29) is 17.4 Å². The Labute approximate surface area is 225 Å². The Hall–Kier alpha value is -3.32. The van der Waals surface area contributed by atoms with Crippen molar-refractivity contribution in [2.45, 2.75) is 42.1 Å². The predicted molar refractivity (Wildman–Crippen MR) is 146 cm³/mol. The molecule has 1 spiro atoms. The number of nitrogens with zero attached hydrogens (tertiary/aromatic N) is 4. The Morgan fingerprint density at radius 1 is 1.30 bits per heavy atom. The number of nitrogens with two attached hydrogens (primary N) is 2. The Morgan fingerprint density at radius 2 is 2.11 bits per heavy atom. The molecule has 0 bridgehead atoms. The maximum absolute atomic E-state index is 11.7. The molecule has 1 fully saturated rings. The molecule has 5 N–H and O–H groups in total. The maximum atomic E-state index is 11.7. The molecule has 190 valence electrons. The summed E-state index contributed by atoms with van der Waals surface area (Å²) < 4.78 is 0. The molecule has 2 aliphatic rings. The number of fused-ring (bicyclic) bond motifs is 1. The minimum absolute atomic E-state index is 0.00368. The second-order valence-electron chi connectivity index (χ2n) is 9.34. The van der Waals surface area contributed by atoms with Gasteiger partial charge in [0, 0.05) is 43.4 Å². The number of amides is 1. The molecule has 1 aromatic carbocycles. The van der Waals surface area contributed by atoms with E-state index in [0.717, 1.165) is 54.2 Å². The third kappa shape index (κ3) is 5.23. The zero-order valence-electron chi connectivity index (χ0n) is 20.5. The molecule has 3 aromatic rings. The van der Waals surface area contributed by atoms with Crippen molar-refractivity contribution < 1.29 is 4.79 Å². The summed E-state index contributed by atoms with van der Waals surface area (Å²) in [5, 5.41) is 3.71. The van der Waals surface area contributed by atoms with E-state index in [9.17, 15) is 4.79 Å². The molecule has 1 aliphatic carbocycles. The monoisotopic (exact) mass is 533 g/mol. The number of hydrogen-bond donors (Lipinski definition) is 3. The molecule has 8 nitrogen and oxygen atoms in total. The molecule has 1 aliphatic heterocycles. The predicted octanol–water partition coefficient (Wildman–Crippen LogP) is 3.59. The second-order valence-corrected chi connectivity index (χ2v) is 10.7. The lowest BCUT2D eigenvalue weighted by molar-refractivity contribution is -0.115. The SMILES string of the molecule is CCNC(=O)C#Cc1ccc2c(c1)[C@@H](N)C1(CCN(c3cnc(Sc4cccnc4Cl)c(N)n3)CC1)C2. The Bertz CT molecular complexity index is 1390. The fraction of sp³-hybridized carbons (Fsp3) is 0.333. The third-order valence-corrected chi connectivity index (χ3v) is 8.58. The Morgan fingerprint density at radius 3 is 2.84 bits per heavy atom. The van der Waals surface area contributed by atoms with E-state index in [1.165, 1.54) is 17.3 Å². The van der Waals surface area contributed by atoms with Gasteiger partial charge in [0.15, 0.2) is 5.82 Å². The van der Waals surface area contributed by atoms with Gasteiger partial charge in [0.1, 0.15) is 16.0 Å². The van der Waals surface area contributed by atoms with Crippen molar-refractivity contribution in [3.63, 3.8) is 0 Å². The van der Waals surface area contributed by atoms with Crippen molar-refractivity contribution in [2.24, 2.45) is 11.1 Å². The summed E-state index contributed by atoms with van der Waals surface area (Å²) in [6.45, 7) is 4.07. The first kappa shape index (κ1) is 25.3. The first-order valence-electron chi connectivity index (χ1n) is 12.2. The van der Waals surface area contributed by atoms with Crippen LogP contribution >= 0.6 is 23.4 Å². The smallest absolute Gasteiger partial charge is 0.296 e. The van der Waals surface area contributed by atoms with Crippen molar-refractivity contribution in [1.82, 2.24) is 20.3 Å². The summed E-state index contributed by atoms with van der Waals surface area (Å²) in [6, 6.07) is 9.75. The highest BCUT2D eigenvalue weighted by atomic mass is 35.5. The molecule has 37 heavy (non-hydrogen) atoms. The number of carbonyl (C=O) groups excluding carboxylic acids is 1. The van der Waals surface area contributed by atoms with Crippen LogP contribution in [0.1, 0.15) is 42.5 Å². The summed E-state index contributed by atoms with van der Waals surface area (Å²) in [7, 11) is 0. The van der Waals surface area contributed by atoms with Crippen LogP contribution in [0.3, 0.4) is 0 Å². The highest BCUT2D eigenvalue weighted by Crippen LogP contribution is 2.51. The van der Waals surface area contributed by atoms with Gasteiger partial charge in [-0.25, -0.2) is 15.0 Å². The van der Waals surface area contributed by atoms with Crippen LogP contribution in [-0.2, 0) is 11.2 Å². The molecule has 0 radical (unpaired) electrons. The number of anilines is 2. The van der Waals surface area contributed by atoms with Gasteiger partial charge >= 0.3 is 0 Å². The maximum Gasteiger partial charge on any atom is 0.296 e. The number of rotatable bonds is 4. The summed E-state index contributed by atoms with van der Waals surface area (Å²) >= 11 is 7.52. The summed E-state index contributed by atoms with van der Waals surface area (Å²) in [5.41, 5.74) is 16.3. The molecular weight excluding hydrogens is 506 g/mol. The molecule has 5 rings (SSSR count). The standard InChI is InChI=1S/C27H28ClN7OS/c1-2-31-22(36)8-6-17-5-7-18-15-27(23(29)19(18)14-17)9-12-35(13-10-27)21-16-33-26(25(30)34-21)37-20-4-3-11-32-24(20)28/h3-5,7,11,14,16,23H,2,9-10,12-13,15,29H2,1H3,(H2,30,34)(H,31,36)/t23-/m1/s1. The van der Waals surface area contributed by atoms with Gasteiger partial charge < -0.3 is 21.7 Å². The van der Waals surface area contributed by atoms with E-state index in [1.807, 2.05) is 31.2 Å². The number of benzene rings is 1. The molecule has 1 amide bonds. The van der Waals surface area contributed by atoms with Crippen LogP contribution in [0.5, 0.6) is 0 Å². The third-order valence-electron chi connectivity index (χ3n) is 7.11. The Kier molecular flexibility index (Phi) is 7.24. The van der Waals surface area contributed by atoms with Crippen LogP contribution in [0.25, 0.3) is 0 Å². The normalized spacial score (nSPS) is 17.7. The van der Waals surface area contributed by atoms with Crippen molar-refractivity contribution in [1.29, 1.82) is 0 Å². The first-order valence-corrected chi connectivity index (χ1v) is 13.4. The topological polar surface area (TPSA) is 123 Å². The first-order chi connectivity index (χ1) is 17.9. The number of hydrogen-bond acceptors (Lipinski definition) is 8. The summed E-state index contributed by atoms with van der Waals surface area (Å²) in [5.74, 6) is 6.47. The van der Waals surface area contributed by atoms with Gasteiger partial charge in [-0.3, -0.25) is 4.79 Å². The van der Waals surface area contributed by atoms with Crippen LogP contribution in [0.15, 0.2) is 52.6 Å². The van der Waals surface area contributed by atoms with Gasteiger partial charge in [0.05, 0.1) is 11.1 Å². The molecule has 10 heteroatoms. The van der Waals surface area contributed by atoms with Crippen LogP contribution < -0.4 is 21.7 Å². The highest BCUT2D eigenvalue weighted by Gasteiger charge is 2.46. The minimum Gasteiger partial charge on any atom is -0.381 e. The average Bonchev–Trinajstić information content (AvgIpc) is 3.16. The molecule has 1 saturated heterocycles. The van der Waals surface area contributed by atoms with E-state index in [1.54, 1.807) is 12.4 Å². The van der Waals surface area contributed by atoms with E-state index >= 15 is 0 Å². The lowest BCUT2D eigenvalue weighted by Crippen LogP contribution is -2.44. The summed E-state index contributed by atoms with van der Waals surface area (Å²) in [4.78, 5) is 28.0. The van der Waals surface area contributed by atoms with E-state index < -0.39 is 0 Å². The number of halogens is 1. The lowest BCUT2D eigenvalue weighted by atomic mass is 9.73. The molecule has 1 atom stereocenters. The fourth-order valence-corrected chi connectivity index (χ4v) is 6.09. The quantitative estimate of drug-likeness (QED) is 0.343. The molecular formula is C27H28ClN7OS. The fourth-order valence-electron chi connectivity index (χ4n) is 5.11. The lowest BCUT2D eigenvalue weighted by Gasteiger charge is -2.42. The molecule has 3 heterocycles. The van der Waals surface area contributed by atoms with Gasteiger partial charge in [-0.15, -0.1) is 0 Å².